The Morgan fingerprint density at radius 3 is 2.77 bits per heavy atom. The Bertz CT molecular complexity index is 1190. The van der Waals surface area contributed by atoms with Gasteiger partial charge in [0.1, 0.15) is 5.82 Å². The molecule has 1 amide bonds. The first kappa shape index (κ1) is 21.0. The lowest BCUT2D eigenvalue weighted by Gasteiger charge is -2.11. The van der Waals surface area contributed by atoms with Gasteiger partial charge in [0, 0.05) is 38.4 Å². The van der Waals surface area contributed by atoms with Crippen LogP contribution in [-0.2, 0) is 40.6 Å². The van der Waals surface area contributed by atoms with Crippen molar-refractivity contribution in [3.8, 4) is 0 Å². The Morgan fingerprint density at radius 2 is 2.07 bits per heavy atom. The van der Waals surface area contributed by atoms with Gasteiger partial charge in [-0.1, -0.05) is 0 Å². The van der Waals surface area contributed by atoms with Gasteiger partial charge in [-0.05, 0) is 44.4 Å². The van der Waals surface area contributed by atoms with Crippen molar-refractivity contribution in [1.29, 1.82) is 0 Å². The summed E-state index contributed by atoms with van der Waals surface area (Å²) < 4.78 is 28.0. The summed E-state index contributed by atoms with van der Waals surface area (Å²) in [5.74, 6) is 0.677. The van der Waals surface area contributed by atoms with Crippen LogP contribution in [0.1, 0.15) is 36.2 Å². The molecule has 4 rings (SSSR count). The second-order valence-corrected chi connectivity index (χ2v) is 10.7. The number of aryl methyl sites for hydroxylation is 4. The summed E-state index contributed by atoms with van der Waals surface area (Å²) in [5.41, 5.74) is 2.60. The topological polar surface area (TPSA) is 97.2 Å². The smallest absolute Gasteiger partial charge is 0.242 e. The third kappa shape index (κ3) is 3.86. The van der Waals surface area contributed by atoms with E-state index in [0.29, 0.717) is 23.6 Å². The minimum atomic E-state index is -3.52. The van der Waals surface area contributed by atoms with Crippen LogP contribution in [0.15, 0.2) is 23.1 Å². The van der Waals surface area contributed by atoms with Gasteiger partial charge in [-0.2, -0.15) is 0 Å². The first-order chi connectivity index (χ1) is 14.3. The Hall–Kier alpha value is -2.30. The van der Waals surface area contributed by atoms with E-state index >= 15 is 0 Å². The number of carbonyl (C=O) groups excluding carboxylic acids is 1. The second kappa shape index (κ2) is 8.09. The Kier molecular flexibility index (Phi) is 5.65. The van der Waals surface area contributed by atoms with Crippen molar-refractivity contribution in [1.82, 2.24) is 18.8 Å². The van der Waals surface area contributed by atoms with Crippen LogP contribution in [0.25, 0.3) is 11.0 Å². The summed E-state index contributed by atoms with van der Waals surface area (Å²) in [6, 6.07) is 4.98. The molecule has 0 saturated carbocycles. The molecule has 8 nitrogen and oxygen atoms in total. The highest BCUT2D eigenvalue weighted by Gasteiger charge is 2.20. The molecule has 1 aromatic carbocycles. The Balaban J connectivity index is 1.50. The van der Waals surface area contributed by atoms with E-state index in [1.807, 2.05) is 11.5 Å². The van der Waals surface area contributed by atoms with Crippen LogP contribution < -0.4 is 5.32 Å². The zero-order chi connectivity index (χ0) is 21.5. The van der Waals surface area contributed by atoms with Crippen molar-refractivity contribution in [3.63, 3.8) is 0 Å². The van der Waals surface area contributed by atoms with Crippen LogP contribution in [0.3, 0.4) is 0 Å². The van der Waals surface area contributed by atoms with Gasteiger partial charge in [0.15, 0.2) is 5.13 Å². The van der Waals surface area contributed by atoms with Crippen LogP contribution >= 0.6 is 11.3 Å². The van der Waals surface area contributed by atoms with Crippen LogP contribution in [0.2, 0.25) is 0 Å². The first-order valence-electron chi connectivity index (χ1n) is 9.99. The maximum absolute atomic E-state index is 12.4. The van der Waals surface area contributed by atoms with Crippen molar-refractivity contribution in [3.05, 3.63) is 34.6 Å². The standard InChI is InChI=1S/C20H25N5O3S2/c1-4-25-16-9-8-13(30(27,28)24(2)3)12-15(16)21-18(25)10-11-19(26)23-20-22-14-6-5-7-17(14)29-20/h8-9,12H,4-7,10-11H2,1-3H3,(H,22,23,26). The predicted molar refractivity (Wildman–Crippen MR) is 117 cm³/mol. The molecule has 1 aliphatic carbocycles. The minimum absolute atomic E-state index is 0.0898. The van der Waals surface area contributed by atoms with Gasteiger partial charge < -0.3 is 9.88 Å². The zero-order valence-electron chi connectivity index (χ0n) is 17.3. The maximum atomic E-state index is 12.4. The number of hydrogen-bond donors (Lipinski definition) is 1. The molecule has 0 bridgehead atoms. The number of amides is 1. The lowest BCUT2D eigenvalue weighted by atomic mass is 10.3. The van der Waals surface area contributed by atoms with Crippen LogP contribution in [0, 0.1) is 0 Å². The lowest BCUT2D eigenvalue weighted by Crippen LogP contribution is -2.22. The molecular weight excluding hydrogens is 422 g/mol. The molecule has 1 N–H and O–H groups in total. The largest absolute Gasteiger partial charge is 0.328 e. The minimum Gasteiger partial charge on any atom is -0.328 e. The first-order valence-corrected chi connectivity index (χ1v) is 12.3. The predicted octanol–water partition coefficient (Wildman–Crippen LogP) is 2.82. The quantitative estimate of drug-likeness (QED) is 0.601. The van der Waals surface area contributed by atoms with Crippen molar-refractivity contribution >= 4 is 43.4 Å². The molecule has 0 fully saturated rings. The van der Waals surface area contributed by atoms with Crippen LogP contribution in [0.5, 0.6) is 0 Å². The number of nitrogens with one attached hydrogen (secondary N) is 1. The fourth-order valence-corrected chi connectivity index (χ4v) is 5.71. The van der Waals surface area contributed by atoms with Crippen molar-refractivity contribution in [2.45, 2.75) is 50.5 Å². The van der Waals surface area contributed by atoms with E-state index in [0.717, 1.165) is 36.3 Å². The van der Waals surface area contributed by atoms with Crippen LogP contribution in [-0.4, -0.2) is 47.3 Å². The third-order valence-electron chi connectivity index (χ3n) is 5.31. The molecule has 0 unspecified atom stereocenters. The number of anilines is 1. The number of imidazole rings is 1. The van der Waals surface area contributed by atoms with Crippen LogP contribution in [0.4, 0.5) is 5.13 Å². The summed E-state index contributed by atoms with van der Waals surface area (Å²) in [7, 11) is -0.513. The molecular formula is C20H25N5O3S2. The highest BCUT2D eigenvalue weighted by atomic mass is 32.2. The summed E-state index contributed by atoms with van der Waals surface area (Å²) in [6.45, 7) is 2.69. The number of nitrogens with zero attached hydrogens (tertiary/aromatic N) is 4. The average molecular weight is 448 g/mol. The van der Waals surface area contributed by atoms with Gasteiger partial charge in [0.2, 0.25) is 15.9 Å². The van der Waals surface area contributed by atoms with Crippen molar-refractivity contribution in [2.75, 3.05) is 19.4 Å². The van der Waals surface area contributed by atoms with Gasteiger partial charge in [0.05, 0.1) is 21.6 Å². The van der Waals surface area contributed by atoms with E-state index in [2.05, 4.69) is 15.3 Å². The highest BCUT2D eigenvalue weighted by Crippen LogP contribution is 2.30. The molecule has 10 heteroatoms. The van der Waals surface area contributed by atoms with E-state index in [1.165, 1.54) is 23.3 Å². The highest BCUT2D eigenvalue weighted by molar-refractivity contribution is 7.89. The van der Waals surface area contributed by atoms with E-state index in [9.17, 15) is 13.2 Å². The summed E-state index contributed by atoms with van der Waals surface area (Å²) in [6.07, 6.45) is 3.95. The van der Waals surface area contributed by atoms with Gasteiger partial charge in [-0.25, -0.2) is 22.7 Å². The Morgan fingerprint density at radius 1 is 1.27 bits per heavy atom. The molecule has 0 aliphatic heterocycles. The number of thiazole rings is 1. The average Bonchev–Trinajstić information content (AvgIpc) is 3.37. The number of aromatic nitrogens is 3. The summed E-state index contributed by atoms with van der Waals surface area (Å²) in [5, 5.41) is 3.57. The number of sulfonamides is 1. The molecule has 0 radical (unpaired) electrons. The molecule has 160 valence electrons. The molecule has 2 aromatic heterocycles. The zero-order valence-corrected chi connectivity index (χ0v) is 18.9. The van der Waals surface area contributed by atoms with E-state index in [1.54, 1.807) is 29.5 Å². The molecule has 1 aliphatic rings. The number of rotatable bonds is 7. The molecule has 3 aromatic rings. The SMILES string of the molecule is CCn1c(CCC(=O)Nc2nc3c(s2)CCC3)nc2cc(S(=O)(=O)N(C)C)ccc21. The number of benzene rings is 1. The summed E-state index contributed by atoms with van der Waals surface area (Å²) in [4.78, 5) is 23.0. The van der Waals surface area contributed by atoms with Crippen molar-refractivity contribution < 1.29 is 13.2 Å². The fourth-order valence-electron chi connectivity index (χ4n) is 3.73. The summed E-state index contributed by atoms with van der Waals surface area (Å²) >= 11 is 1.56. The van der Waals surface area contributed by atoms with Gasteiger partial charge >= 0.3 is 0 Å². The molecule has 0 spiro atoms. The molecule has 0 atom stereocenters. The molecule has 0 saturated heterocycles. The third-order valence-corrected chi connectivity index (χ3v) is 8.20. The van der Waals surface area contributed by atoms with Gasteiger partial charge in [-0.15, -0.1) is 11.3 Å². The number of hydrogen-bond acceptors (Lipinski definition) is 6. The van der Waals surface area contributed by atoms with E-state index in [4.69, 9.17) is 0 Å². The monoisotopic (exact) mass is 447 g/mol. The fraction of sp³-hybridized carbons (Fsp3) is 0.450. The van der Waals surface area contributed by atoms with Crippen molar-refractivity contribution in [2.24, 2.45) is 0 Å². The maximum Gasteiger partial charge on any atom is 0.242 e. The van der Waals surface area contributed by atoms with Gasteiger partial charge in [-0.3, -0.25) is 4.79 Å². The molecule has 2 heterocycles. The lowest BCUT2D eigenvalue weighted by molar-refractivity contribution is -0.116. The number of fused-ring (bicyclic) bond motifs is 2. The van der Waals surface area contributed by atoms with E-state index < -0.39 is 10.0 Å². The van der Waals surface area contributed by atoms with E-state index in [-0.39, 0.29) is 17.2 Å². The normalized spacial score (nSPS) is 13.9. The van der Waals surface area contributed by atoms with Gasteiger partial charge in [0.25, 0.3) is 0 Å². The number of carbonyl (C=O) groups is 1. The second-order valence-electron chi connectivity index (χ2n) is 7.50. The Labute approximate surface area is 180 Å². The molecule has 30 heavy (non-hydrogen) atoms.